The molecular weight excluding hydrogens is 320 g/mol. The third-order valence-electron chi connectivity index (χ3n) is 6.06. The molecule has 26 heavy (non-hydrogen) atoms. The van der Waals surface area contributed by atoms with Crippen molar-refractivity contribution in [1.82, 2.24) is 0 Å². The van der Waals surface area contributed by atoms with E-state index in [9.17, 15) is 4.79 Å². The average Bonchev–Trinajstić information content (AvgIpc) is 3.46. The van der Waals surface area contributed by atoms with Crippen molar-refractivity contribution in [2.24, 2.45) is 5.92 Å². The number of carbonyl (C=O) groups excluding carboxylic acids is 1. The highest BCUT2D eigenvalue weighted by Gasteiger charge is 2.51. The number of carbonyl (C=O) groups is 1. The molecule has 0 atom stereocenters. The molecule has 0 unspecified atom stereocenters. The predicted octanol–water partition coefficient (Wildman–Crippen LogP) is 4.90. The van der Waals surface area contributed by atoms with E-state index in [4.69, 9.17) is 0 Å². The zero-order valence-electron chi connectivity index (χ0n) is 15.8. The van der Waals surface area contributed by atoms with Crippen molar-refractivity contribution in [2.75, 3.05) is 23.3 Å². The fourth-order valence-corrected chi connectivity index (χ4v) is 3.92. The first-order chi connectivity index (χ1) is 12.6. The van der Waals surface area contributed by atoms with Gasteiger partial charge in [0.25, 0.3) is 0 Å². The zero-order chi connectivity index (χ0) is 18.1. The molecule has 1 amide bonds. The number of hydrogen-bond donors (Lipinski definition) is 1. The summed E-state index contributed by atoms with van der Waals surface area (Å²) in [5.74, 6) is 0.960. The summed E-state index contributed by atoms with van der Waals surface area (Å²) in [6.45, 7) is 6.67. The highest BCUT2D eigenvalue weighted by molar-refractivity contribution is 6.01. The van der Waals surface area contributed by atoms with Crippen LogP contribution in [0.25, 0.3) is 0 Å². The molecule has 1 aliphatic heterocycles. The van der Waals surface area contributed by atoms with E-state index in [2.05, 4.69) is 60.5 Å². The van der Waals surface area contributed by atoms with Crippen LogP contribution in [0, 0.1) is 12.8 Å². The molecule has 1 N–H and O–H groups in total. The van der Waals surface area contributed by atoms with Gasteiger partial charge in [0.05, 0.1) is 5.41 Å². The SMILES string of the molecule is Cc1ccc(C2(C(=O)Nc3ccc(N4CCC(C)CC4)cc3)CC2)cc1. The summed E-state index contributed by atoms with van der Waals surface area (Å²) in [5.41, 5.74) is 4.19. The van der Waals surface area contributed by atoms with Gasteiger partial charge >= 0.3 is 0 Å². The van der Waals surface area contributed by atoms with Gasteiger partial charge in [0, 0.05) is 24.5 Å². The van der Waals surface area contributed by atoms with Crippen LogP contribution in [0.3, 0.4) is 0 Å². The molecule has 2 aromatic rings. The molecule has 1 saturated carbocycles. The molecule has 3 heteroatoms. The monoisotopic (exact) mass is 348 g/mol. The van der Waals surface area contributed by atoms with E-state index < -0.39 is 0 Å². The van der Waals surface area contributed by atoms with Gasteiger partial charge in [-0.05, 0) is 68.4 Å². The number of piperidine rings is 1. The maximum atomic E-state index is 12.9. The number of nitrogens with zero attached hydrogens (tertiary/aromatic N) is 1. The third-order valence-corrected chi connectivity index (χ3v) is 6.06. The molecule has 2 fully saturated rings. The van der Waals surface area contributed by atoms with E-state index in [1.54, 1.807) is 0 Å². The van der Waals surface area contributed by atoms with Crippen LogP contribution >= 0.6 is 0 Å². The normalized spacial score (nSPS) is 19.2. The molecule has 0 aromatic heterocycles. The first-order valence-electron chi connectivity index (χ1n) is 9.80. The summed E-state index contributed by atoms with van der Waals surface area (Å²) in [5, 5.41) is 3.14. The van der Waals surface area contributed by atoms with Crippen molar-refractivity contribution < 1.29 is 4.79 Å². The summed E-state index contributed by atoms with van der Waals surface area (Å²) >= 11 is 0. The van der Waals surface area contributed by atoms with Crippen LogP contribution in [0.1, 0.15) is 43.7 Å². The molecule has 0 bridgehead atoms. The largest absolute Gasteiger partial charge is 0.372 e. The van der Waals surface area contributed by atoms with Gasteiger partial charge in [-0.1, -0.05) is 36.8 Å². The summed E-state index contributed by atoms with van der Waals surface area (Å²) in [6, 6.07) is 16.7. The molecule has 1 heterocycles. The maximum Gasteiger partial charge on any atom is 0.235 e. The molecule has 0 spiro atoms. The fourth-order valence-electron chi connectivity index (χ4n) is 3.92. The molecule has 2 aromatic carbocycles. The third kappa shape index (κ3) is 3.35. The van der Waals surface area contributed by atoms with Gasteiger partial charge in [0.1, 0.15) is 0 Å². The average molecular weight is 348 g/mol. The quantitative estimate of drug-likeness (QED) is 0.852. The van der Waals surface area contributed by atoms with E-state index in [1.165, 1.54) is 24.1 Å². The second kappa shape index (κ2) is 6.79. The molecule has 2 aliphatic rings. The second-order valence-corrected chi connectivity index (χ2v) is 8.12. The Labute approximate surface area is 156 Å². The number of anilines is 2. The highest BCUT2D eigenvalue weighted by atomic mass is 16.2. The van der Waals surface area contributed by atoms with E-state index in [0.717, 1.165) is 43.1 Å². The summed E-state index contributed by atoms with van der Waals surface area (Å²) in [6.07, 6.45) is 4.40. The van der Waals surface area contributed by atoms with E-state index in [0.29, 0.717) is 0 Å². The minimum atomic E-state index is -0.324. The highest BCUT2D eigenvalue weighted by Crippen LogP contribution is 2.49. The standard InChI is InChI=1S/C23H28N2O/c1-17-3-5-19(6-4-17)23(13-14-23)22(26)24-20-7-9-21(10-8-20)25-15-11-18(2)12-16-25/h3-10,18H,11-16H2,1-2H3,(H,24,26). The van der Waals surface area contributed by atoms with Crippen molar-refractivity contribution in [2.45, 2.75) is 44.9 Å². The summed E-state index contributed by atoms with van der Waals surface area (Å²) in [7, 11) is 0. The zero-order valence-corrected chi connectivity index (χ0v) is 15.8. The number of amides is 1. The van der Waals surface area contributed by atoms with Gasteiger partial charge in [-0.15, -0.1) is 0 Å². The van der Waals surface area contributed by atoms with E-state index >= 15 is 0 Å². The van der Waals surface area contributed by atoms with Crippen molar-refractivity contribution >= 4 is 17.3 Å². The Morgan fingerprint density at radius 2 is 1.62 bits per heavy atom. The maximum absolute atomic E-state index is 12.9. The summed E-state index contributed by atoms with van der Waals surface area (Å²) in [4.78, 5) is 15.3. The van der Waals surface area contributed by atoms with E-state index in [-0.39, 0.29) is 11.3 Å². The Morgan fingerprint density at radius 3 is 2.19 bits per heavy atom. The van der Waals surface area contributed by atoms with Gasteiger partial charge < -0.3 is 10.2 Å². The molecule has 0 radical (unpaired) electrons. The molecule has 136 valence electrons. The van der Waals surface area contributed by atoms with Gasteiger partial charge in [-0.25, -0.2) is 0 Å². The second-order valence-electron chi connectivity index (χ2n) is 8.12. The van der Waals surface area contributed by atoms with Crippen LogP contribution in [-0.4, -0.2) is 19.0 Å². The van der Waals surface area contributed by atoms with Gasteiger partial charge in [0.2, 0.25) is 5.91 Å². The minimum Gasteiger partial charge on any atom is -0.372 e. The lowest BCUT2D eigenvalue weighted by molar-refractivity contribution is -0.118. The van der Waals surface area contributed by atoms with Crippen molar-refractivity contribution in [3.05, 3.63) is 59.7 Å². The van der Waals surface area contributed by atoms with Crippen molar-refractivity contribution in [3.63, 3.8) is 0 Å². The van der Waals surface area contributed by atoms with Crippen LogP contribution in [0.15, 0.2) is 48.5 Å². The smallest absolute Gasteiger partial charge is 0.235 e. The van der Waals surface area contributed by atoms with Crippen LogP contribution in [-0.2, 0) is 10.2 Å². The van der Waals surface area contributed by atoms with Crippen LogP contribution < -0.4 is 10.2 Å². The van der Waals surface area contributed by atoms with Crippen molar-refractivity contribution in [1.29, 1.82) is 0 Å². The first-order valence-corrected chi connectivity index (χ1v) is 9.80. The minimum absolute atomic E-state index is 0.126. The van der Waals surface area contributed by atoms with Crippen LogP contribution in [0.4, 0.5) is 11.4 Å². The molecule has 4 rings (SSSR count). The predicted molar refractivity (Wildman–Crippen MR) is 108 cm³/mol. The van der Waals surface area contributed by atoms with Crippen LogP contribution in [0.5, 0.6) is 0 Å². The number of benzene rings is 2. The van der Waals surface area contributed by atoms with Crippen molar-refractivity contribution in [3.8, 4) is 0 Å². The Balaban J connectivity index is 1.42. The topological polar surface area (TPSA) is 32.3 Å². The van der Waals surface area contributed by atoms with Gasteiger partial charge in [-0.2, -0.15) is 0 Å². The lowest BCUT2D eigenvalue weighted by Gasteiger charge is -2.32. The lowest BCUT2D eigenvalue weighted by Crippen LogP contribution is -2.32. The molecule has 1 aliphatic carbocycles. The number of nitrogens with one attached hydrogen (secondary N) is 1. The molecule has 3 nitrogen and oxygen atoms in total. The van der Waals surface area contributed by atoms with Gasteiger partial charge in [-0.3, -0.25) is 4.79 Å². The fraction of sp³-hybridized carbons (Fsp3) is 0.435. The number of rotatable bonds is 4. The van der Waals surface area contributed by atoms with E-state index in [1.807, 2.05) is 12.1 Å². The molecular formula is C23H28N2O. The Morgan fingerprint density at radius 1 is 1.00 bits per heavy atom. The number of aryl methyl sites for hydroxylation is 1. The van der Waals surface area contributed by atoms with Gasteiger partial charge in [0.15, 0.2) is 0 Å². The van der Waals surface area contributed by atoms with Crippen LogP contribution in [0.2, 0.25) is 0 Å². The Hall–Kier alpha value is -2.29. The summed E-state index contributed by atoms with van der Waals surface area (Å²) < 4.78 is 0. The Bertz CT molecular complexity index is 767. The first kappa shape index (κ1) is 17.1. The lowest BCUT2D eigenvalue weighted by atomic mass is 9.94. The Kier molecular flexibility index (Phi) is 4.47. The number of hydrogen-bond acceptors (Lipinski definition) is 2. The molecule has 1 saturated heterocycles.